The van der Waals surface area contributed by atoms with Crippen LogP contribution in [-0.4, -0.2) is 98.8 Å². The highest BCUT2D eigenvalue weighted by molar-refractivity contribution is 5.97. The molecule has 0 saturated heterocycles. The number of carboxylic acid groups (broad SMARTS) is 2. The lowest BCUT2D eigenvalue weighted by atomic mass is 9.98. The van der Waals surface area contributed by atoms with Gasteiger partial charge in [-0.3, -0.25) is 0 Å². The number of aromatic carboxylic acids is 2. The van der Waals surface area contributed by atoms with E-state index in [1.807, 2.05) is 0 Å². The molecule has 12 heteroatoms. The Kier molecular flexibility index (Phi) is 15.2. The van der Waals surface area contributed by atoms with Crippen LogP contribution < -0.4 is 0 Å². The fourth-order valence-corrected chi connectivity index (χ4v) is 2.43. The molecule has 0 aliphatic carbocycles. The number of aliphatic hydroxyl groups excluding tert-OH is 2. The lowest BCUT2D eigenvalue weighted by molar-refractivity contribution is -0.0774. The van der Waals surface area contributed by atoms with Crippen molar-refractivity contribution in [1.82, 2.24) is 0 Å². The number of carboxylic acids is 2. The standard InChI is InChI=1S/C20H30O12/c21-1-3-29-13-31-7-5-27-11-15-9-16(19(23)24)18(17(10-15)20(25)26)12-28-6-8-32-14-30-4-2-22/h9-10,21-22H,1-8,11-14H2,(H,23,24)(H,25,26). The van der Waals surface area contributed by atoms with Crippen LogP contribution in [0.2, 0.25) is 0 Å². The summed E-state index contributed by atoms with van der Waals surface area (Å²) in [5.74, 6) is -2.57. The number of carbonyl (C=O) groups is 2. The van der Waals surface area contributed by atoms with Crippen molar-refractivity contribution in [3.8, 4) is 0 Å². The van der Waals surface area contributed by atoms with Gasteiger partial charge in [0.05, 0.1) is 77.2 Å². The number of ether oxygens (including phenoxy) is 6. The maximum Gasteiger partial charge on any atom is 0.336 e. The number of hydrogen-bond acceptors (Lipinski definition) is 10. The van der Waals surface area contributed by atoms with E-state index in [0.29, 0.717) is 5.56 Å². The average molecular weight is 462 g/mol. The highest BCUT2D eigenvalue weighted by Crippen LogP contribution is 2.21. The van der Waals surface area contributed by atoms with Gasteiger partial charge in [-0.15, -0.1) is 0 Å². The second-order valence-electron chi connectivity index (χ2n) is 6.20. The lowest BCUT2D eigenvalue weighted by Gasteiger charge is -2.14. The summed E-state index contributed by atoms with van der Waals surface area (Å²) in [6.07, 6.45) is 0. The van der Waals surface area contributed by atoms with Crippen molar-refractivity contribution >= 4 is 11.9 Å². The third-order valence-electron chi connectivity index (χ3n) is 3.83. The lowest BCUT2D eigenvalue weighted by Crippen LogP contribution is -2.15. The van der Waals surface area contributed by atoms with Crippen molar-refractivity contribution in [1.29, 1.82) is 0 Å². The molecule has 0 bridgehead atoms. The maximum atomic E-state index is 11.7. The average Bonchev–Trinajstić information content (AvgIpc) is 2.77. The zero-order chi connectivity index (χ0) is 23.6. The van der Waals surface area contributed by atoms with Crippen LogP contribution in [0.25, 0.3) is 0 Å². The molecular weight excluding hydrogens is 432 g/mol. The first-order valence-corrected chi connectivity index (χ1v) is 9.81. The first-order chi connectivity index (χ1) is 15.5. The Morgan fingerprint density at radius 3 is 1.47 bits per heavy atom. The Labute approximate surface area is 185 Å². The van der Waals surface area contributed by atoms with Crippen molar-refractivity contribution in [2.45, 2.75) is 13.2 Å². The van der Waals surface area contributed by atoms with Crippen molar-refractivity contribution < 1.29 is 58.4 Å². The highest BCUT2D eigenvalue weighted by Gasteiger charge is 2.20. The van der Waals surface area contributed by atoms with Gasteiger partial charge in [0.1, 0.15) is 13.6 Å². The molecule has 4 N–H and O–H groups in total. The minimum absolute atomic E-state index is 0.00562. The summed E-state index contributed by atoms with van der Waals surface area (Å²) in [5.41, 5.74) is 0.0350. The van der Waals surface area contributed by atoms with Gasteiger partial charge in [-0.25, -0.2) is 9.59 Å². The van der Waals surface area contributed by atoms with Crippen LogP contribution >= 0.6 is 0 Å². The van der Waals surface area contributed by atoms with E-state index in [2.05, 4.69) is 0 Å². The Morgan fingerprint density at radius 1 is 0.625 bits per heavy atom. The summed E-state index contributed by atoms with van der Waals surface area (Å²) in [6.45, 7) is 0.456. The Morgan fingerprint density at radius 2 is 1.03 bits per heavy atom. The quantitative estimate of drug-likeness (QED) is 0.152. The minimum Gasteiger partial charge on any atom is -0.478 e. The number of rotatable bonds is 20. The fourth-order valence-electron chi connectivity index (χ4n) is 2.43. The second-order valence-corrected chi connectivity index (χ2v) is 6.20. The smallest absolute Gasteiger partial charge is 0.336 e. The molecule has 0 heterocycles. The molecule has 0 radical (unpaired) electrons. The van der Waals surface area contributed by atoms with Crippen LogP contribution in [0.4, 0.5) is 0 Å². The summed E-state index contributed by atoms with van der Waals surface area (Å²) in [5, 5.41) is 36.2. The van der Waals surface area contributed by atoms with Crippen LogP contribution in [-0.2, 0) is 41.6 Å². The van der Waals surface area contributed by atoms with E-state index in [4.69, 9.17) is 38.6 Å². The maximum absolute atomic E-state index is 11.7. The molecular formula is C20H30O12. The van der Waals surface area contributed by atoms with Gasteiger partial charge < -0.3 is 48.8 Å². The predicted octanol–water partition coefficient (Wildman–Crippen LogP) is 0.0822. The third kappa shape index (κ3) is 11.5. The summed E-state index contributed by atoms with van der Waals surface area (Å²) in [7, 11) is 0. The Hall–Kier alpha value is -2.16. The van der Waals surface area contributed by atoms with Gasteiger partial charge in [0, 0.05) is 5.56 Å². The number of aliphatic hydroxyl groups is 2. The van der Waals surface area contributed by atoms with E-state index in [-0.39, 0.29) is 96.3 Å². The van der Waals surface area contributed by atoms with E-state index in [1.165, 1.54) is 12.1 Å². The molecule has 0 unspecified atom stereocenters. The van der Waals surface area contributed by atoms with Crippen LogP contribution in [0.15, 0.2) is 12.1 Å². The molecule has 0 aliphatic rings. The van der Waals surface area contributed by atoms with Gasteiger partial charge in [-0.1, -0.05) is 0 Å². The van der Waals surface area contributed by atoms with Gasteiger partial charge in [0.15, 0.2) is 0 Å². The summed E-state index contributed by atoms with van der Waals surface area (Å²) >= 11 is 0. The van der Waals surface area contributed by atoms with E-state index in [1.54, 1.807) is 0 Å². The number of benzene rings is 1. The topological polar surface area (TPSA) is 170 Å². The zero-order valence-corrected chi connectivity index (χ0v) is 17.7. The molecule has 1 rings (SSSR count). The molecule has 182 valence electrons. The van der Waals surface area contributed by atoms with Crippen LogP contribution in [0.5, 0.6) is 0 Å². The van der Waals surface area contributed by atoms with Gasteiger partial charge >= 0.3 is 11.9 Å². The van der Waals surface area contributed by atoms with Crippen molar-refractivity contribution in [3.05, 3.63) is 34.4 Å². The first kappa shape index (κ1) is 27.9. The normalized spacial score (nSPS) is 11.1. The monoisotopic (exact) mass is 462 g/mol. The molecule has 0 fully saturated rings. The molecule has 0 atom stereocenters. The molecule has 0 aliphatic heterocycles. The molecule has 32 heavy (non-hydrogen) atoms. The zero-order valence-electron chi connectivity index (χ0n) is 17.7. The molecule has 1 aromatic rings. The molecule has 0 saturated carbocycles. The van der Waals surface area contributed by atoms with E-state index < -0.39 is 11.9 Å². The van der Waals surface area contributed by atoms with Gasteiger partial charge in [-0.05, 0) is 17.7 Å². The van der Waals surface area contributed by atoms with E-state index >= 15 is 0 Å². The molecule has 0 amide bonds. The van der Waals surface area contributed by atoms with Crippen molar-refractivity contribution in [2.24, 2.45) is 0 Å². The molecule has 0 spiro atoms. The molecule has 12 nitrogen and oxygen atoms in total. The van der Waals surface area contributed by atoms with E-state index in [9.17, 15) is 19.8 Å². The van der Waals surface area contributed by atoms with Gasteiger partial charge in [0.25, 0.3) is 0 Å². The summed E-state index contributed by atoms with van der Waals surface area (Å²) in [6, 6.07) is 2.69. The summed E-state index contributed by atoms with van der Waals surface area (Å²) < 4.78 is 30.8. The minimum atomic E-state index is -1.29. The van der Waals surface area contributed by atoms with Crippen LogP contribution in [0.1, 0.15) is 31.8 Å². The Balaban J connectivity index is 2.60. The third-order valence-corrected chi connectivity index (χ3v) is 3.83. The van der Waals surface area contributed by atoms with Gasteiger partial charge in [-0.2, -0.15) is 0 Å². The predicted molar refractivity (Wildman–Crippen MR) is 107 cm³/mol. The van der Waals surface area contributed by atoms with Crippen molar-refractivity contribution in [2.75, 3.05) is 66.4 Å². The number of hydrogen-bond donors (Lipinski definition) is 4. The fraction of sp³-hybridized carbons (Fsp3) is 0.600. The molecule has 1 aromatic carbocycles. The SMILES string of the molecule is O=C(O)c1cc(COCCOCOCCO)cc(C(=O)O)c1COCCOCOCCO. The summed E-state index contributed by atoms with van der Waals surface area (Å²) in [4.78, 5) is 23.4. The second kappa shape index (κ2) is 17.4. The van der Waals surface area contributed by atoms with Gasteiger partial charge in [0.2, 0.25) is 0 Å². The van der Waals surface area contributed by atoms with Crippen molar-refractivity contribution in [3.63, 3.8) is 0 Å². The largest absolute Gasteiger partial charge is 0.478 e. The van der Waals surface area contributed by atoms with E-state index in [0.717, 1.165) is 0 Å². The Bertz CT molecular complexity index is 644. The van der Waals surface area contributed by atoms with Crippen LogP contribution in [0.3, 0.4) is 0 Å². The molecule has 0 aromatic heterocycles. The van der Waals surface area contributed by atoms with Crippen LogP contribution in [0, 0.1) is 0 Å². The highest BCUT2D eigenvalue weighted by atomic mass is 16.7. The first-order valence-electron chi connectivity index (χ1n) is 9.81.